The summed E-state index contributed by atoms with van der Waals surface area (Å²) < 4.78 is 2.12. The SMILES string of the molecule is O=C1CCn2c(-c3ccc(C(=O)N4CCC(c5ncccn5)CC4)cc3)nc3cccc1c32. The standard InChI is InChI=1S/C26H23N5O2/c32-22-11-16-31-23-20(22)3-1-4-21(23)29-25(31)18-5-7-19(8-6-18)26(33)30-14-9-17(10-15-30)24-27-12-2-13-28-24/h1-8,12-13,17H,9-11,14-16H2. The summed E-state index contributed by atoms with van der Waals surface area (Å²) in [6, 6.07) is 15.2. The Balaban J connectivity index is 1.21. The van der Waals surface area contributed by atoms with Gasteiger partial charge in [0.25, 0.3) is 5.91 Å². The molecule has 7 heteroatoms. The van der Waals surface area contributed by atoms with E-state index in [1.165, 1.54) is 0 Å². The molecule has 1 fully saturated rings. The van der Waals surface area contributed by atoms with Crippen LogP contribution in [-0.4, -0.2) is 49.2 Å². The Morgan fingerprint density at radius 3 is 2.42 bits per heavy atom. The van der Waals surface area contributed by atoms with E-state index in [0.29, 0.717) is 37.5 Å². The molecule has 2 aliphatic rings. The molecule has 6 rings (SSSR count). The fourth-order valence-corrected chi connectivity index (χ4v) is 5.00. The summed E-state index contributed by atoms with van der Waals surface area (Å²) in [5.41, 5.74) is 4.12. The van der Waals surface area contributed by atoms with E-state index >= 15 is 0 Å². The second-order valence-corrected chi connectivity index (χ2v) is 8.68. The molecule has 0 atom stereocenters. The molecule has 1 amide bonds. The van der Waals surface area contributed by atoms with Gasteiger partial charge in [0.1, 0.15) is 11.6 Å². The van der Waals surface area contributed by atoms with Crippen LogP contribution in [0.15, 0.2) is 60.9 Å². The number of Topliss-reactive ketones (excluding diaryl/α,β-unsaturated/α-hetero) is 1. The number of likely N-dealkylation sites (tertiary alicyclic amines) is 1. The fourth-order valence-electron chi connectivity index (χ4n) is 5.00. The van der Waals surface area contributed by atoms with E-state index in [2.05, 4.69) is 14.5 Å². The number of imidazole rings is 1. The second-order valence-electron chi connectivity index (χ2n) is 8.68. The summed E-state index contributed by atoms with van der Waals surface area (Å²) in [5.74, 6) is 2.24. The van der Waals surface area contributed by atoms with E-state index in [1.54, 1.807) is 12.4 Å². The molecule has 0 radical (unpaired) electrons. The molecule has 0 bridgehead atoms. The highest BCUT2D eigenvalue weighted by molar-refractivity contribution is 6.08. The number of hydrogen-bond donors (Lipinski definition) is 0. The first-order valence-corrected chi connectivity index (χ1v) is 11.4. The summed E-state index contributed by atoms with van der Waals surface area (Å²) in [4.78, 5) is 40.8. The molecule has 33 heavy (non-hydrogen) atoms. The first-order chi connectivity index (χ1) is 16.2. The quantitative estimate of drug-likeness (QED) is 0.482. The van der Waals surface area contributed by atoms with Crippen LogP contribution in [0.4, 0.5) is 0 Å². The number of nitrogens with zero attached hydrogens (tertiary/aromatic N) is 5. The molecule has 4 heterocycles. The molecule has 0 unspecified atom stereocenters. The molecule has 7 nitrogen and oxygen atoms in total. The van der Waals surface area contributed by atoms with Gasteiger partial charge in [0.15, 0.2) is 5.78 Å². The summed E-state index contributed by atoms with van der Waals surface area (Å²) in [6.07, 6.45) is 5.78. The van der Waals surface area contributed by atoms with Crippen LogP contribution in [-0.2, 0) is 6.54 Å². The Hall–Kier alpha value is -3.87. The molecular formula is C26H23N5O2. The van der Waals surface area contributed by atoms with Crippen LogP contribution in [0, 0.1) is 0 Å². The highest BCUT2D eigenvalue weighted by Gasteiger charge is 2.27. The van der Waals surface area contributed by atoms with Crippen molar-refractivity contribution in [3.8, 4) is 11.4 Å². The molecule has 2 aromatic carbocycles. The topological polar surface area (TPSA) is 81.0 Å². The van der Waals surface area contributed by atoms with Crippen LogP contribution >= 0.6 is 0 Å². The molecule has 0 aliphatic carbocycles. The number of carbonyl (C=O) groups is 2. The Bertz CT molecular complexity index is 1350. The Kier molecular flexibility index (Phi) is 4.75. The Morgan fingerprint density at radius 2 is 1.67 bits per heavy atom. The number of aromatic nitrogens is 4. The summed E-state index contributed by atoms with van der Waals surface area (Å²) in [5, 5.41) is 0. The summed E-state index contributed by atoms with van der Waals surface area (Å²) >= 11 is 0. The van der Waals surface area contributed by atoms with Gasteiger partial charge >= 0.3 is 0 Å². The average molecular weight is 438 g/mol. The second kappa shape index (κ2) is 7.92. The Labute approximate surface area is 191 Å². The van der Waals surface area contributed by atoms with Crippen molar-refractivity contribution in [3.63, 3.8) is 0 Å². The maximum atomic E-state index is 13.1. The van der Waals surface area contributed by atoms with Gasteiger partial charge in [0, 0.05) is 61.1 Å². The first kappa shape index (κ1) is 19.8. The number of aryl methyl sites for hydroxylation is 1. The van der Waals surface area contributed by atoms with Crippen molar-refractivity contribution in [3.05, 3.63) is 77.9 Å². The molecule has 4 aromatic rings. The highest BCUT2D eigenvalue weighted by atomic mass is 16.2. The van der Waals surface area contributed by atoms with Crippen molar-refractivity contribution in [2.24, 2.45) is 0 Å². The third-order valence-corrected chi connectivity index (χ3v) is 6.75. The van der Waals surface area contributed by atoms with Gasteiger partial charge in [-0.2, -0.15) is 0 Å². The van der Waals surface area contributed by atoms with Crippen molar-refractivity contribution in [1.29, 1.82) is 0 Å². The maximum Gasteiger partial charge on any atom is 0.253 e. The lowest BCUT2D eigenvalue weighted by molar-refractivity contribution is 0.0711. The van der Waals surface area contributed by atoms with Gasteiger partial charge < -0.3 is 9.47 Å². The number of rotatable bonds is 3. The lowest BCUT2D eigenvalue weighted by Crippen LogP contribution is -2.38. The minimum absolute atomic E-state index is 0.0523. The van der Waals surface area contributed by atoms with Crippen LogP contribution in [0.1, 0.15) is 51.7 Å². The molecule has 1 saturated heterocycles. The number of hydrogen-bond acceptors (Lipinski definition) is 5. The zero-order chi connectivity index (χ0) is 22.4. The van der Waals surface area contributed by atoms with E-state index in [0.717, 1.165) is 46.7 Å². The van der Waals surface area contributed by atoms with E-state index in [1.807, 2.05) is 53.4 Å². The van der Waals surface area contributed by atoms with Crippen LogP contribution in [0.2, 0.25) is 0 Å². The number of amides is 1. The molecule has 0 N–H and O–H groups in total. The minimum Gasteiger partial charge on any atom is -0.339 e. The van der Waals surface area contributed by atoms with Gasteiger partial charge in [-0.25, -0.2) is 15.0 Å². The zero-order valence-electron chi connectivity index (χ0n) is 18.1. The van der Waals surface area contributed by atoms with Gasteiger partial charge in [0.05, 0.1) is 11.0 Å². The molecular weight excluding hydrogens is 414 g/mol. The van der Waals surface area contributed by atoms with E-state index in [9.17, 15) is 9.59 Å². The largest absolute Gasteiger partial charge is 0.339 e. The minimum atomic E-state index is 0.0523. The Morgan fingerprint density at radius 1 is 0.909 bits per heavy atom. The van der Waals surface area contributed by atoms with Crippen LogP contribution < -0.4 is 0 Å². The van der Waals surface area contributed by atoms with Crippen molar-refractivity contribution in [1.82, 2.24) is 24.4 Å². The first-order valence-electron chi connectivity index (χ1n) is 11.4. The van der Waals surface area contributed by atoms with E-state index in [4.69, 9.17) is 4.98 Å². The monoisotopic (exact) mass is 437 g/mol. The van der Waals surface area contributed by atoms with E-state index in [-0.39, 0.29) is 11.7 Å². The summed E-state index contributed by atoms with van der Waals surface area (Å²) in [7, 11) is 0. The number of piperidine rings is 1. The maximum absolute atomic E-state index is 13.1. The number of para-hydroxylation sites is 1. The van der Waals surface area contributed by atoms with Crippen molar-refractivity contribution in [2.45, 2.75) is 31.7 Å². The number of carbonyl (C=O) groups excluding carboxylic acids is 2. The van der Waals surface area contributed by atoms with Crippen LogP contribution in [0.3, 0.4) is 0 Å². The molecule has 164 valence electrons. The number of ketones is 1. The summed E-state index contributed by atoms with van der Waals surface area (Å²) in [6.45, 7) is 2.04. The van der Waals surface area contributed by atoms with Gasteiger partial charge in [-0.1, -0.05) is 18.2 Å². The predicted molar refractivity (Wildman–Crippen MR) is 124 cm³/mol. The smallest absolute Gasteiger partial charge is 0.253 e. The number of benzene rings is 2. The van der Waals surface area contributed by atoms with Gasteiger partial charge in [-0.15, -0.1) is 0 Å². The van der Waals surface area contributed by atoms with Crippen LogP contribution in [0.5, 0.6) is 0 Å². The highest BCUT2D eigenvalue weighted by Crippen LogP contribution is 2.32. The molecule has 0 spiro atoms. The van der Waals surface area contributed by atoms with Gasteiger partial charge in [0.2, 0.25) is 0 Å². The lowest BCUT2D eigenvalue weighted by Gasteiger charge is -2.31. The van der Waals surface area contributed by atoms with Crippen molar-refractivity contribution >= 4 is 22.7 Å². The van der Waals surface area contributed by atoms with Crippen LogP contribution in [0.25, 0.3) is 22.4 Å². The van der Waals surface area contributed by atoms with Gasteiger partial charge in [-0.05, 0) is 43.2 Å². The van der Waals surface area contributed by atoms with Crippen molar-refractivity contribution in [2.75, 3.05) is 13.1 Å². The van der Waals surface area contributed by atoms with Crippen molar-refractivity contribution < 1.29 is 9.59 Å². The molecule has 2 aromatic heterocycles. The average Bonchev–Trinajstić information content (AvgIpc) is 3.26. The van der Waals surface area contributed by atoms with E-state index < -0.39 is 0 Å². The molecule has 2 aliphatic heterocycles. The lowest BCUT2D eigenvalue weighted by atomic mass is 9.95. The molecule has 0 saturated carbocycles. The van der Waals surface area contributed by atoms with Gasteiger partial charge in [-0.3, -0.25) is 9.59 Å². The predicted octanol–water partition coefficient (Wildman–Crippen LogP) is 4.10. The normalized spacial score (nSPS) is 16.4. The third-order valence-electron chi connectivity index (χ3n) is 6.75. The zero-order valence-corrected chi connectivity index (χ0v) is 18.1. The third kappa shape index (κ3) is 3.40. The fraction of sp³-hybridized carbons (Fsp3) is 0.269.